The number of carbonyl (C=O) groups is 1. The van der Waals surface area contributed by atoms with E-state index in [-0.39, 0.29) is 23.7 Å². The summed E-state index contributed by atoms with van der Waals surface area (Å²) in [5, 5.41) is 33.4. The van der Waals surface area contributed by atoms with Gasteiger partial charge in [0.2, 0.25) is 0 Å². The molecule has 0 spiro atoms. The van der Waals surface area contributed by atoms with Gasteiger partial charge in [-0.15, -0.1) is 0 Å². The maximum Gasteiger partial charge on any atom is 0.511 e. The van der Waals surface area contributed by atoms with E-state index >= 15 is 0 Å². The minimum Gasteiger partial charge on any atom is -0.508 e. The van der Waals surface area contributed by atoms with Gasteiger partial charge in [0, 0.05) is 17.5 Å². The molecule has 27 heavy (non-hydrogen) atoms. The van der Waals surface area contributed by atoms with Gasteiger partial charge in [-0.2, -0.15) is 0 Å². The predicted octanol–water partition coefficient (Wildman–Crippen LogP) is 5.05. The first kappa shape index (κ1) is 16.7. The summed E-state index contributed by atoms with van der Waals surface area (Å²) in [6, 6.07) is 19.9. The molecule has 0 atom stereocenters. The first-order valence-electron chi connectivity index (χ1n) is 8.38. The van der Waals surface area contributed by atoms with Crippen molar-refractivity contribution in [2.75, 3.05) is 0 Å². The van der Waals surface area contributed by atoms with Crippen molar-refractivity contribution in [1.82, 2.24) is 0 Å². The number of hydrogen-bond donors (Lipinski definition) is 3. The Balaban J connectivity index is 1.96. The van der Waals surface area contributed by atoms with E-state index in [1.54, 1.807) is 6.07 Å². The van der Waals surface area contributed by atoms with E-state index in [1.807, 2.05) is 54.6 Å². The van der Waals surface area contributed by atoms with Crippen LogP contribution in [0.1, 0.15) is 11.1 Å². The Morgan fingerprint density at radius 1 is 0.815 bits per heavy atom. The smallest absolute Gasteiger partial charge is 0.508 e. The molecule has 0 aliphatic heterocycles. The molecule has 4 aromatic rings. The van der Waals surface area contributed by atoms with E-state index in [0.29, 0.717) is 11.1 Å². The van der Waals surface area contributed by atoms with Crippen LogP contribution in [0.25, 0.3) is 21.5 Å². The number of aromatic hydroxyl groups is 2. The summed E-state index contributed by atoms with van der Waals surface area (Å²) < 4.78 is 4.75. The van der Waals surface area contributed by atoms with E-state index in [0.717, 1.165) is 21.5 Å². The Bertz CT molecular complexity index is 1180. The third-order valence-corrected chi connectivity index (χ3v) is 4.66. The summed E-state index contributed by atoms with van der Waals surface area (Å²) in [4.78, 5) is 11.0. The summed E-state index contributed by atoms with van der Waals surface area (Å²) in [7, 11) is 0. The summed E-state index contributed by atoms with van der Waals surface area (Å²) >= 11 is 0. The molecule has 4 aromatic carbocycles. The molecule has 0 saturated carbocycles. The van der Waals surface area contributed by atoms with E-state index in [9.17, 15) is 15.0 Å². The lowest BCUT2D eigenvalue weighted by Crippen LogP contribution is -2.04. The second kappa shape index (κ2) is 6.53. The van der Waals surface area contributed by atoms with Crippen LogP contribution in [0.3, 0.4) is 0 Å². The Hall–Kier alpha value is -3.73. The lowest BCUT2D eigenvalue weighted by molar-refractivity contribution is 0.143. The van der Waals surface area contributed by atoms with Gasteiger partial charge in [0.15, 0.2) is 11.5 Å². The second-order valence-electron chi connectivity index (χ2n) is 6.25. The molecule has 5 heteroatoms. The highest BCUT2D eigenvalue weighted by atomic mass is 16.7. The van der Waals surface area contributed by atoms with E-state index in [1.165, 1.54) is 6.07 Å². The molecule has 0 aliphatic carbocycles. The Labute approximate surface area is 154 Å². The Morgan fingerprint density at radius 3 is 2.15 bits per heavy atom. The van der Waals surface area contributed by atoms with E-state index < -0.39 is 6.16 Å². The van der Waals surface area contributed by atoms with Crippen LogP contribution in [-0.2, 0) is 6.42 Å². The summed E-state index contributed by atoms with van der Waals surface area (Å²) in [6.45, 7) is 0. The van der Waals surface area contributed by atoms with Gasteiger partial charge in [0.05, 0.1) is 0 Å². The molecular weight excluding hydrogens is 344 g/mol. The predicted molar refractivity (Wildman–Crippen MR) is 103 cm³/mol. The SMILES string of the molecule is O=C(O)Oc1cc2ccccc2c(Cc2c(O)ccc3ccccc23)c1O. The van der Waals surface area contributed by atoms with Crippen molar-refractivity contribution in [3.8, 4) is 17.2 Å². The van der Waals surface area contributed by atoms with Crippen molar-refractivity contribution >= 4 is 27.7 Å². The largest absolute Gasteiger partial charge is 0.511 e. The fourth-order valence-corrected chi connectivity index (χ4v) is 3.42. The molecular formula is C22H16O5. The highest BCUT2D eigenvalue weighted by Gasteiger charge is 2.18. The van der Waals surface area contributed by atoms with Gasteiger partial charge < -0.3 is 20.1 Å². The number of rotatable bonds is 3. The van der Waals surface area contributed by atoms with Gasteiger partial charge in [-0.25, -0.2) is 4.79 Å². The number of carboxylic acid groups (broad SMARTS) is 1. The average molecular weight is 360 g/mol. The van der Waals surface area contributed by atoms with Crippen LogP contribution in [0.15, 0.2) is 66.7 Å². The fourth-order valence-electron chi connectivity index (χ4n) is 3.42. The topological polar surface area (TPSA) is 87.0 Å². The van der Waals surface area contributed by atoms with Crippen molar-refractivity contribution in [2.24, 2.45) is 0 Å². The maximum absolute atomic E-state index is 11.0. The first-order valence-corrected chi connectivity index (χ1v) is 8.38. The lowest BCUT2D eigenvalue weighted by Gasteiger charge is -2.15. The van der Waals surface area contributed by atoms with Crippen molar-refractivity contribution < 1.29 is 24.9 Å². The Morgan fingerprint density at radius 2 is 1.44 bits per heavy atom. The number of ether oxygens (including phenoxy) is 1. The normalized spacial score (nSPS) is 11.0. The molecule has 3 N–H and O–H groups in total. The molecule has 0 aromatic heterocycles. The quantitative estimate of drug-likeness (QED) is 0.351. The number of fused-ring (bicyclic) bond motifs is 2. The first-order chi connectivity index (χ1) is 13.0. The third kappa shape index (κ3) is 3.00. The third-order valence-electron chi connectivity index (χ3n) is 4.66. The maximum atomic E-state index is 11.0. The molecule has 0 heterocycles. The van der Waals surface area contributed by atoms with Crippen LogP contribution in [-0.4, -0.2) is 21.5 Å². The molecule has 0 saturated heterocycles. The molecule has 5 nitrogen and oxygen atoms in total. The number of benzene rings is 4. The summed E-state index contributed by atoms with van der Waals surface area (Å²) in [6.07, 6.45) is -1.28. The molecule has 0 unspecified atom stereocenters. The van der Waals surface area contributed by atoms with Gasteiger partial charge in [-0.3, -0.25) is 0 Å². The van der Waals surface area contributed by atoms with Crippen LogP contribution in [0.2, 0.25) is 0 Å². The van der Waals surface area contributed by atoms with Crippen LogP contribution < -0.4 is 4.74 Å². The minimum absolute atomic E-state index is 0.113. The number of phenolic OH excluding ortho intramolecular Hbond substituents is 2. The van der Waals surface area contributed by atoms with Gasteiger partial charge in [0.25, 0.3) is 0 Å². The van der Waals surface area contributed by atoms with Crippen molar-refractivity contribution in [3.05, 3.63) is 77.9 Å². The van der Waals surface area contributed by atoms with Crippen LogP contribution in [0.5, 0.6) is 17.2 Å². The number of phenols is 2. The molecule has 0 bridgehead atoms. The average Bonchev–Trinajstić information content (AvgIpc) is 2.66. The molecule has 0 amide bonds. The zero-order valence-corrected chi connectivity index (χ0v) is 14.2. The zero-order chi connectivity index (χ0) is 19.0. The van der Waals surface area contributed by atoms with Crippen LogP contribution in [0.4, 0.5) is 4.79 Å². The molecule has 0 fully saturated rings. The van der Waals surface area contributed by atoms with Gasteiger partial charge in [0.1, 0.15) is 5.75 Å². The van der Waals surface area contributed by atoms with Gasteiger partial charge in [-0.1, -0.05) is 54.6 Å². The van der Waals surface area contributed by atoms with Crippen molar-refractivity contribution in [1.29, 1.82) is 0 Å². The lowest BCUT2D eigenvalue weighted by atomic mass is 9.93. The molecule has 4 rings (SSSR count). The Kier molecular flexibility index (Phi) is 4.05. The van der Waals surface area contributed by atoms with Crippen molar-refractivity contribution in [3.63, 3.8) is 0 Å². The van der Waals surface area contributed by atoms with Crippen molar-refractivity contribution in [2.45, 2.75) is 6.42 Å². The highest BCUT2D eigenvalue weighted by Crippen LogP contribution is 2.40. The van der Waals surface area contributed by atoms with E-state index in [4.69, 9.17) is 9.84 Å². The molecule has 134 valence electrons. The standard InChI is InChI=1S/C22H16O5/c23-19-10-9-13-5-1-3-7-15(13)17(19)12-18-16-8-4-2-6-14(16)11-20(21(18)24)27-22(25)26/h1-11,23-24H,12H2,(H,25,26). The highest BCUT2D eigenvalue weighted by molar-refractivity contribution is 5.93. The number of hydrogen-bond acceptors (Lipinski definition) is 4. The van der Waals surface area contributed by atoms with Gasteiger partial charge in [-0.05, 0) is 33.7 Å². The van der Waals surface area contributed by atoms with E-state index in [2.05, 4.69) is 0 Å². The van der Waals surface area contributed by atoms with Crippen LogP contribution in [0, 0.1) is 0 Å². The fraction of sp³-hybridized carbons (Fsp3) is 0.0455. The molecule has 0 radical (unpaired) electrons. The monoisotopic (exact) mass is 360 g/mol. The zero-order valence-electron chi connectivity index (χ0n) is 14.2. The molecule has 0 aliphatic rings. The minimum atomic E-state index is -1.50. The second-order valence-corrected chi connectivity index (χ2v) is 6.25. The van der Waals surface area contributed by atoms with Gasteiger partial charge >= 0.3 is 6.16 Å². The van der Waals surface area contributed by atoms with Crippen LogP contribution >= 0.6 is 0 Å². The summed E-state index contributed by atoms with van der Waals surface area (Å²) in [5.74, 6) is -0.263. The summed E-state index contributed by atoms with van der Waals surface area (Å²) in [5.41, 5.74) is 1.15.